The van der Waals surface area contributed by atoms with Crippen molar-refractivity contribution in [2.75, 3.05) is 25.1 Å². The summed E-state index contributed by atoms with van der Waals surface area (Å²) in [7, 11) is 0. The number of nitrogens with one attached hydrogen (secondary N) is 1. The summed E-state index contributed by atoms with van der Waals surface area (Å²) in [5.74, 6) is 0.366. The van der Waals surface area contributed by atoms with Gasteiger partial charge in [-0.1, -0.05) is 6.07 Å². The first-order chi connectivity index (χ1) is 8.96. The number of anilines is 1. The standard InChI is InChI=1S/C11H13F3N4O/c1-8-3-2-5-18-9(8)16-10(17-18)15-4-6-19-7-11(12,13)14/h2-3,5H,4,6-7H2,1H3,(H,15,17). The van der Waals surface area contributed by atoms with Gasteiger partial charge in [0.2, 0.25) is 5.95 Å². The number of aryl methyl sites for hydroxylation is 1. The summed E-state index contributed by atoms with van der Waals surface area (Å²) < 4.78 is 41.5. The first-order valence-corrected chi connectivity index (χ1v) is 5.66. The van der Waals surface area contributed by atoms with Crippen molar-refractivity contribution in [2.45, 2.75) is 13.1 Å². The summed E-state index contributed by atoms with van der Waals surface area (Å²) in [6.45, 7) is 0.812. The molecule has 0 atom stereocenters. The number of rotatable bonds is 5. The average molecular weight is 274 g/mol. The highest BCUT2D eigenvalue weighted by Gasteiger charge is 2.27. The Bertz CT molecular complexity index is 552. The third-order valence-electron chi connectivity index (χ3n) is 2.35. The zero-order valence-electron chi connectivity index (χ0n) is 10.2. The average Bonchev–Trinajstić information content (AvgIpc) is 2.71. The van der Waals surface area contributed by atoms with E-state index in [4.69, 9.17) is 0 Å². The molecular formula is C11H13F3N4O. The molecule has 0 fully saturated rings. The van der Waals surface area contributed by atoms with Gasteiger partial charge < -0.3 is 10.1 Å². The predicted octanol–water partition coefficient (Wildman–Crippen LogP) is 2.03. The summed E-state index contributed by atoms with van der Waals surface area (Å²) in [6.07, 6.45) is -2.54. The Hall–Kier alpha value is -1.83. The maximum absolute atomic E-state index is 11.8. The number of halogens is 3. The zero-order chi connectivity index (χ0) is 13.9. The Morgan fingerprint density at radius 3 is 2.89 bits per heavy atom. The van der Waals surface area contributed by atoms with E-state index in [0.29, 0.717) is 11.6 Å². The molecule has 0 aromatic carbocycles. The second-order valence-electron chi connectivity index (χ2n) is 3.99. The summed E-state index contributed by atoms with van der Waals surface area (Å²) >= 11 is 0. The SMILES string of the molecule is Cc1cccn2nc(NCCOCC(F)(F)F)nc12. The van der Waals surface area contributed by atoms with Gasteiger partial charge in [0.15, 0.2) is 5.65 Å². The minimum Gasteiger partial charge on any atom is -0.370 e. The van der Waals surface area contributed by atoms with E-state index in [2.05, 4.69) is 20.1 Å². The topological polar surface area (TPSA) is 51.5 Å². The maximum atomic E-state index is 11.8. The molecule has 0 aliphatic carbocycles. The highest BCUT2D eigenvalue weighted by molar-refractivity contribution is 5.49. The van der Waals surface area contributed by atoms with Gasteiger partial charge in [-0.2, -0.15) is 18.2 Å². The fourth-order valence-electron chi connectivity index (χ4n) is 1.54. The van der Waals surface area contributed by atoms with Gasteiger partial charge in [-0.05, 0) is 18.6 Å². The largest absolute Gasteiger partial charge is 0.411 e. The van der Waals surface area contributed by atoms with Crippen LogP contribution in [0.4, 0.5) is 19.1 Å². The molecular weight excluding hydrogens is 261 g/mol. The van der Waals surface area contributed by atoms with Crippen molar-refractivity contribution < 1.29 is 17.9 Å². The number of aromatic nitrogens is 3. The van der Waals surface area contributed by atoms with Crippen molar-refractivity contribution in [3.63, 3.8) is 0 Å². The van der Waals surface area contributed by atoms with Gasteiger partial charge in [-0.25, -0.2) is 4.52 Å². The molecule has 0 unspecified atom stereocenters. The van der Waals surface area contributed by atoms with E-state index in [0.717, 1.165) is 5.56 Å². The lowest BCUT2D eigenvalue weighted by atomic mass is 10.3. The van der Waals surface area contributed by atoms with E-state index in [9.17, 15) is 13.2 Å². The van der Waals surface area contributed by atoms with E-state index in [-0.39, 0.29) is 13.2 Å². The van der Waals surface area contributed by atoms with Crippen LogP contribution in [-0.2, 0) is 4.74 Å². The molecule has 19 heavy (non-hydrogen) atoms. The molecule has 2 aromatic heterocycles. The van der Waals surface area contributed by atoms with Crippen LogP contribution >= 0.6 is 0 Å². The molecule has 0 saturated heterocycles. The van der Waals surface area contributed by atoms with Crippen molar-refractivity contribution >= 4 is 11.6 Å². The van der Waals surface area contributed by atoms with Gasteiger partial charge in [0.05, 0.1) is 6.61 Å². The van der Waals surface area contributed by atoms with Crippen LogP contribution in [0.1, 0.15) is 5.56 Å². The smallest absolute Gasteiger partial charge is 0.370 e. The Morgan fingerprint density at radius 1 is 1.42 bits per heavy atom. The van der Waals surface area contributed by atoms with Crippen molar-refractivity contribution in [3.05, 3.63) is 23.9 Å². The second kappa shape index (κ2) is 5.43. The number of ether oxygens (including phenoxy) is 1. The first kappa shape index (κ1) is 13.6. The van der Waals surface area contributed by atoms with Crippen LogP contribution in [0.2, 0.25) is 0 Å². The van der Waals surface area contributed by atoms with Crippen molar-refractivity contribution in [3.8, 4) is 0 Å². The predicted molar refractivity (Wildman–Crippen MR) is 63.1 cm³/mol. The lowest BCUT2D eigenvalue weighted by Crippen LogP contribution is -2.20. The summed E-state index contributed by atoms with van der Waals surface area (Å²) in [6, 6.07) is 3.74. The van der Waals surface area contributed by atoms with Crippen LogP contribution in [0.3, 0.4) is 0 Å². The molecule has 8 heteroatoms. The summed E-state index contributed by atoms with van der Waals surface area (Å²) in [5.41, 5.74) is 1.68. The van der Waals surface area contributed by atoms with Crippen LogP contribution in [0.25, 0.3) is 5.65 Å². The number of fused-ring (bicyclic) bond motifs is 1. The molecule has 0 radical (unpaired) electrons. The van der Waals surface area contributed by atoms with Gasteiger partial charge in [0, 0.05) is 12.7 Å². The Balaban J connectivity index is 1.84. The highest BCUT2D eigenvalue weighted by atomic mass is 19.4. The Morgan fingerprint density at radius 2 is 2.21 bits per heavy atom. The third-order valence-corrected chi connectivity index (χ3v) is 2.35. The minimum absolute atomic E-state index is 0.0615. The molecule has 2 rings (SSSR count). The monoisotopic (exact) mass is 274 g/mol. The van der Waals surface area contributed by atoms with Crippen LogP contribution < -0.4 is 5.32 Å². The zero-order valence-corrected chi connectivity index (χ0v) is 10.2. The van der Waals surface area contributed by atoms with E-state index >= 15 is 0 Å². The fourth-order valence-corrected chi connectivity index (χ4v) is 1.54. The molecule has 0 aliphatic rings. The Labute approximate surface area is 107 Å². The normalized spacial score (nSPS) is 12.0. The number of nitrogens with zero attached hydrogens (tertiary/aromatic N) is 3. The molecule has 5 nitrogen and oxygen atoms in total. The Kier molecular flexibility index (Phi) is 3.89. The van der Waals surface area contributed by atoms with Crippen molar-refractivity contribution in [2.24, 2.45) is 0 Å². The van der Waals surface area contributed by atoms with Crippen LogP contribution in [0.5, 0.6) is 0 Å². The third kappa shape index (κ3) is 3.82. The van der Waals surface area contributed by atoms with Crippen molar-refractivity contribution in [1.82, 2.24) is 14.6 Å². The van der Waals surface area contributed by atoms with E-state index in [1.807, 2.05) is 19.1 Å². The summed E-state index contributed by atoms with van der Waals surface area (Å²) in [5, 5.41) is 6.95. The molecule has 0 spiro atoms. The lowest BCUT2D eigenvalue weighted by Gasteiger charge is -2.07. The fraction of sp³-hybridized carbons (Fsp3) is 0.455. The molecule has 0 bridgehead atoms. The maximum Gasteiger partial charge on any atom is 0.411 e. The molecule has 0 amide bonds. The molecule has 1 N–H and O–H groups in total. The van der Waals surface area contributed by atoms with E-state index in [1.54, 1.807) is 10.7 Å². The minimum atomic E-state index is -4.29. The number of hydrogen-bond acceptors (Lipinski definition) is 4. The molecule has 0 aliphatic heterocycles. The molecule has 0 saturated carbocycles. The van der Waals surface area contributed by atoms with E-state index < -0.39 is 12.8 Å². The van der Waals surface area contributed by atoms with Gasteiger partial charge >= 0.3 is 6.18 Å². The quantitative estimate of drug-likeness (QED) is 0.848. The molecule has 2 heterocycles. The molecule has 2 aromatic rings. The number of pyridine rings is 1. The van der Waals surface area contributed by atoms with Crippen LogP contribution in [-0.4, -0.2) is 40.5 Å². The van der Waals surface area contributed by atoms with Crippen LogP contribution in [0.15, 0.2) is 18.3 Å². The van der Waals surface area contributed by atoms with Gasteiger partial charge in [0.1, 0.15) is 6.61 Å². The lowest BCUT2D eigenvalue weighted by molar-refractivity contribution is -0.172. The second-order valence-corrected chi connectivity index (χ2v) is 3.99. The van der Waals surface area contributed by atoms with E-state index in [1.165, 1.54) is 0 Å². The number of hydrogen-bond donors (Lipinski definition) is 1. The molecule has 104 valence electrons. The first-order valence-electron chi connectivity index (χ1n) is 5.66. The summed E-state index contributed by atoms with van der Waals surface area (Å²) in [4.78, 5) is 4.22. The number of alkyl halides is 3. The van der Waals surface area contributed by atoms with Gasteiger partial charge in [-0.15, -0.1) is 5.10 Å². The van der Waals surface area contributed by atoms with Gasteiger partial charge in [0.25, 0.3) is 0 Å². The van der Waals surface area contributed by atoms with Gasteiger partial charge in [-0.3, -0.25) is 0 Å². The highest BCUT2D eigenvalue weighted by Crippen LogP contribution is 2.14. The van der Waals surface area contributed by atoms with Crippen LogP contribution in [0, 0.1) is 6.92 Å². The van der Waals surface area contributed by atoms with Crippen molar-refractivity contribution in [1.29, 1.82) is 0 Å².